The van der Waals surface area contributed by atoms with Gasteiger partial charge in [0.1, 0.15) is 5.76 Å². The van der Waals surface area contributed by atoms with Crippen LogP contribution in [0.15, 0.2) is 50.1 Å². The first-order chi connectivity index (χ1) is 11.1. The fraction of sp³-hybridized carbons (Fsp3) is 0.250. The molecule has 0 unspecified atom stereocenters. The molecule has 2 aromatic rings. The van der Waals surface area contributed by atoms with Crippen molar-refractivity contribution in [2.75, 3.05) is 26.2 Å². The van der Waals surface area contributed by atoms with E-state index in [0.29, 0.717) is 42.4 Å². The first-order valence-electron chi connectivity index (χ1n) is 7.18. The van der Waals surface area contributed by atoms with E-state index in [-0.39, 0.29) is 11.8 Å². The smallest absolute Gasteiger partial charge is 0.289 e. The van der Waals surface area contributed by atoms with Crippen molar-refractivity contribution in [3.05, 3.63) is 52.8 Å². The van der Waals surface area contributed by atoms with Gasteiger partial charge in [0, 0.05) is 32.3 Å². The minimum absolute atomic E-state index is 0.0948. The van der Waals surface area contributed by atoms with Gasteiger partial charge >= 0.3 is 0 Å². The van der Waals surface area contributed by atoms with Gasteiger partial charge in [0.15, 0.2) is 10.4 Å². The molecule has 2 amide bonds. The zero-order valence-electron chi connectivity index (χ0n) is 12.3. The van der Waals surface area contributed by atoms with Gasteiger partial charge in [-0.3, -0.25) is 9.59 Å². The topological polar surface area (TPSA) is 66.9 Å². The van der Waals surface area contributed by atoms with Gasteiger partial charge in [-0.25, -0.2) is 0 Å². The van der Waals surface area contributed by atoms with E-state index in [9.17, 15) is 9.59 Å². The van der Waals surface area contributed by atoms with Crippen LogP contribution in [0.5, 0.6) is 0 Å². The minimum atomic E-state index is -0.141. The predicted molar refractivity (Wildman–Crippen MR) is 86.6 cm³/mol. The van der Waals surface area contributed by atoms with E-state index in [1.165, 1.54) is 12.3 Å². The quantitative estimate of drug-likeness (QED) is 0.769. The summed E-state index contributed by atoms with van der Waals surface area (Å²) in [7, 11) is 0. The molecule has 1 aliphatic rings. The Morgan fingerprint density at radius 2 is 1.83 bits per heavy atom. The van der Waals surface area contributed by atoms with Crippen molar-refractivity contribution in [1.29, 1.82) is 0 Å². The molecule has 7 heteroatoms. The van der Waals surface area contributed by atoms with Crippen LogP contribution < -0.4 is 0 Å². The first kappa shape index (κ1) is 15.6. The molecule has 0 radical (unpaired) electrons. The van der Waals surface area contributed by atoms with E-state index in [0.717, 1.165) is 0 Å². The van der Waals surface area contributed by atoms with Gasteiger partial charge < -0.3 is 18.6 Å². The van der Waals surface area contributed by atoms with E-state index in [2.05, 4.69) is 15.9 Å². The third kappa shape index (κ3) is 3.73. The molecule has 0 bridgehead atoms. The highest BCUT2D eigenvalue weighted by Crippen LogP contribution is 2.15. The van der Waals surface area contributed by atoms with Gasteiger partial charge in [0.2, 0.25) is 5.91 Å². The van der Waals surface area contributed by atoms with E-state index >= 15 is 0 Å². The standard InChI is InChI=1S/C16H15BrN2O4/c17-14-5-3-12(23-14)4-6-15(20)18-7-9-19(10-8-18)16(21)13-2-1-11-22-13/h1-6,11H,7-10H2/b6-4+. The zero-order chi connectivity index (χ0) is 16.2. The van der Waals surface area contributed by atoms with Gasteiger partial charge in [0.25, 0.3) is 5.91 Å². The Bertz CT molecular complexity index is 712. The largest absolute Gasteiger partial charge is 0.459 e. The first-order valence-corrected chi connectivity index (χ1v) is 7.98. The van der Waals surface area contributed by atoms with Crippen LogP contribution in [0.25, 0.3) is 6.08 Å². The van der Waals surface area contributed by atoms with E-state index in [4.69, 9.17) is 8.83 Å². The van der Waals surface area contributed by atoms with Crippen molar-refractivity contribution < 1.29 is 18.4 Å². The summed E-state index contributed by atoms with van der Waals surface area (Å²) in [4.78, 5) is 27.7. The Morgan fingerprint density at radius 3 is 2.43 bits per heavy atom. The van der Waals surface area contributed by atoms with E-state index in [1.54, 1.807) is 40.1 Å². The molecule has 0 aliphatic carbocycles. The maximum Gasteiger partial charge on any atom is 0.289 e. The number of carbonyl (C=O) groups excluding carboxylic acids is 2. The molecule has 1 fully saturated rings. The number of hydrogen-bond donors (Lipinski definition) is 0. The predicted octanol–water partition coefficient (Wildman–Crippen LogP) is 2.63. The second kappa shape index (κ2) is 6.87. The number of halogens is 1. The van der Waals surface area contributed by atoms with E-state index in [1.807, 2.05) is 0 Å². The molecule has 1 saturated heterocycles. The lowest BCUT2D eigenvalue weighted by Gasteiger charge is -2.33. The van der Waals surface area contributed by atoms with Crippen molar-refractivity contribution in [1.82, 2.24) is 9.80 Å². The van der Waals surface area contributed by atoms with Crippen molar-refractivity contribution >= 4 is 33.8 Å². The highest BCUT2D eigenvalue weighted by atomic mass is 79.9. The van der Waals surface area contributed by atoms with Gasteiger partial charge in [0.05, 0.1) is 6.26 Å². The summed E-state index contributed by atoms with van der Waals surface area (Å²) in [6.45, 7) is 1.98. The fourth-order valence-corrected chi connectivity index (χ4v) is 2.68. The van der Waals surface area contributed by atoms with Crippen molar-refractivity contribution in [2.45, 2.75) is 0 Å². The Labute approximate surface area is 141 Å². The number of nitrogens with zero attached hydrogens (tertiary/aromatic N) is 2. The van der Waals surface area contributed by atoms with Crippen LogP contribution in [0.3, 0.4) is 0 Å². The highest BCUT2D eigenvalue weighted by Gasteiger charge is 2.25. The maximum absolute atomic E-state index is 12.1. The number of amides is 2. The third-order valence-electron chi connectivity index (χ3n) is 3.59. The van der Waals surface area contributed by atoms with Crippen LogP contribution in [0.1, 0.15) is 16.3 Å². The van der Waals surface area contributed by atoms with Crippen molar-refractivity contribution in [2.24, 2.45) is 0 Å². The number of carbonyl (C=O) groups is 2. The van der Waals surface area contributed by atoms with Gasteiger partial charge in [-0.15, -0.1) is 0 Å². The second-order valence-corrected chi connectivity index (χ2v) is 5.85. The molecule has 3 heterocycles. The summed E-state index contributed by atoms with van der Waals surface area (Å²) < 4.78 is 11.0. The molecular weight excluding hydrogens is 364 g/mol. The summed E-state index contributed by atoms with van der Waals surface area (Å²) in [5, 5.41) is 0. The summed E-state index contributed by atoms with van der Waals surface area (Å²) in [5.74, 6) is 0.700. The molecule has 1 aliphatic heterocycles. The second-order valence-electron chi connectivity index (χ2n) is 5.07. The van der Waals surface area contributed by atoms with Crippen LogP contribution in [0.2, 0.25) is 0 Å². The number of hydrogen-bond acceptors (Lipinski definition) is 4. The number of rotatable bonds is 3. The van der Waals surface area contributed by atoms with Crippen molar-refractivity contribution in [3.8, 4) is 0 Å². The Hall–Kier alpha value is -2.28. The molecule has 120 valence electrons. The summed E-state index contributed by atoms with van der Waals surface area (Å²) in [6.07, 6.45) is 4.59. The van der Waals surface area contributed by atoms with E-state index < -0.39 is 0 Å². The third-order valence-corrected chi connectivity index (χ3v) is 4.02. The Balaban J connectivity index is 1.53. The van der Waals surface area contributed by atoms with Gasteiger partial charge in [-0.05, 0) is 46.3 Å². The normalized spacial score (nSPS) is 15.3. The summed E-state index contributed by atoms with van der Waals surface area (Å²) in [6, 6.07) is 6.87. The summed E-state index contributed by atoms with van der Waals surface area (Å²) in [5.41, 5.74) is 0. The van der Waals surface area contributed by atoms with Crippen molar-refractivity contribution in [3.63, 3.8) is 0 Å². The molecule has 6 nitrogen and oxygen atoms in total. The Morgan fingerprint density at radius 1 is 1.09 bits per heavy atom. The molecule has 3 rings (SSSR count). The highest BCUT2D eigenvalue weighted by molar-refractivity contribution is 9.10. The number of piperazine rings is 1. The zero-order valence-corrected chi connectivity index (χ0v) is 13.9. The SMILES string of the molecule is O=C(/C=C/c1ccc(Br)o1)N1CCN(C(=O)c2ccco2)CC1. The molecule has 0 saturated carbocycles. The van der Waals surface area contributed by atoms with Crippen LogP contribution in [-0.4, -0.2) is 47.8 Å². The maximum atomic E-state index is 12.1. The van der Waals surface area contributed by atoms with Crippen LogP contribution in [-0.2, 0) is 4.79 Å². The van der Waals surface area contributed by atoms with Gasteiger partial charge in [-0.2, -0.15) is 0 Å². The number of furan rings is 2. The average Bonchev–Trinajstić information content (AvgIpc) is 3.24. The van der Waals surface area contributed by atoms with Gasteiger partial charge in [-0.1, -0.05) is 0 Å². The molecule has 0 spiro atoms. The van der Waals surface area contributed by atoms with Crippen LogP contribution >= 0.6 is 15.9 Å². The fourth-order valence-electron chi connectivity index (χ4n) is 2.36. The average molecular weight is 379 g/mol. The van der Waals surface area contributed by atoms with Crippen LogP contribution in [0.4, 0.5) is 0 Å². The minimum Gasteiger partial charge on any atom is -0.459 e. The van der Waals surface area contributed by atoms with Crippen LogP contribution in [0, 0.1) is 0 Å². The molecule has 0 atom stereocenters. The lowest BCUT2D eigenvalue weighted by Crippen LogP contribution is -2.50. The molecular formula is C16H15BrN2O4. The molecule has 2 aromatic heterocycles. The molecule has 23 heavy (non-hydrogen) atoms. The monoisotopic (exact) mass is 378 g/mol. The lowest BCUT2D eigenvalue weighted by molar-refractivity contribution is -0.127. The Kier molecular flexibility index (Phi) is 4.66. The molecule has 0 aromatic carbocycles. The molecule has 0 N–H and O–H groups in total. The summed E-state index contributed by atoms with van der Waals surface area (Å²) >= 11 is 3.21. The lowest BCUT2D eigenvalue weighted by atomic mass is 10.2.